The molecule has 0 saturated heterocycles. The summed E-state index contributed by atoms with van der Waals surface area (Å²) in [5.74, 6) is 0.971. The van der Waals surface area contributed by atoms with Crippen molar-refractivity contribution < 1.29 is 23.0 Å². The number of thiazole rings is 1. The summed E-state index contributed by atoms with van der Waals surface area (Å²) in [6, 6.07) is 7.77. The standard InChI is InChI=1S/C18H24F3N3O2S/c1-12(13-3-5-14(6-4-13)26-8-7-22-2)9-23-10-16(25)15-11-27-17(24-15)18(19,20)21/h3-6,11-12,16,22-23,25H,7-10H2,1-2H3. The quantitative estimate of drug-likeness (QED) is 0.532. The molecule has 0 aliphatic heterocycles. The van der Waals surface area contributed by atoms with E-state index in [1.807, 2.05) is 38.2 Å². The predicted octanol–water partition coefficient (Wildman–Crippen LogP) is 3.19. The van der Waals surface area contributed by atoms with E-state index in [2.05, 4.69) is 15.6 Å². The molecular weight excluding hydrogens is 379 g/mol. The number of hydrogen-bond acceptors (Lipinski definition) is 6. The van der Waals surface area contributed by atoms with Crippen molar-refractivity contribution in [1.82, 2.24) is 15.6 Å². The largest absolute Gasteiger partial charge is 0.492 e. The molecule has 2 aromatic rings. The molecule has 27 heavy (non-hydrogen) atoms. The maximum atomic E-state index is 12.6. The van der Waals surface area contributed by atoms with Crippen molar-refractivity contribution in [3.63, 3.8) is 0 Å². The number of aliphatic hydroxyl groups is 1. The molecule has 0 aliphatic rings. The Morgan fingerprint density at radius 3 is 2.52 bits per heavy atom. The molecule has 2 rings (SSSR count). The molecule has 1 heterocycles. The number of likely N-dealkylation sites (N-methyl/N-ethyl adjacent to an activating group) is 1. The Morgan fingerprint density at radius 2 is 1.93 bits per heavy atom. The average molecular weight is 403 g/mol. The number of nitrogens with zero attached hydrogens (tertiary/aromatic N) is 1. The van der Waals surface area contributed by atoms with Gasteiger partial charge in [-0.3, -0.25) is 0 Å². The lowest BCUT2D eigenvalue weighted by atomic mass is 10.0. The Morgan fingerprint density at radius 1 is 1.22 bits per heavy atom. The number of alkyl halides is 3. The van der Waals surface area contributed by atoms with Gasteiger partial charge in [-0.25, -0.2) is 4.98 Å². The van der Waals surface area contributed by atoms with Gasteiger partial charge in [0.05, 0.1) is 5.69 Å². The summed E-state index contributed by atoms with van der Waals surface area (Å²) in [5, 5.41) is 16.4. The third-order valence-corrected chi connectivity index (χ3v) is 4.87. The minimum absolute atomic E-state index is 0.0375. The van der Waals surface area contributed by atoms with Crippen molar-refractivity contribution in [2.24, 2.45) is 0 Å². The first-order chi connectivity index (χ1) is 12.8. The molecule has 5 nitrogen and oxygen atoms in total. The van der Waals surface area contributed by atoms with Gasteiger partial charge in [-0.1, -0.05) is 19.1 Å². The van der Waals surface area contributed by atoms with E-state index in [-0.39, 0.29) is 18.2 Å². The highest BCUT2D eigenvalue weighted by atomic mass is 32.1. The number of aromatic nitrogens is 1. The summed E-state index contributed by atoms with van der Waals surface area (Å²) in [6.45, 7) is 4.11. The van der Waals surface area contributed by atoms with Crippen molar-refractivity contribution in [3.05, 3.63) is 45.9 Å². The van der Waals surface area contributed by atoms with Gasteiger partial charge in [0.2, 0.25) is 0 Å². The van der Waals surface area contributed by atoms with Gasteiger partial charge in [0.15, 0.2) is 5.01 Å². The molecule has 2 atom stereocenters. The van der Waals surface area contributed by atoms with E-state index < -0.39 is 17.3 Å². The molecule has 2 unspecified atom stereocenters. The first-order valence-electron chi connectivity index (χ1n) is 8.60. The van der Waals surface area contributed by atoms with Crippen molar-refractivity contribution in [2.75, 3.05) is 33.3 Å². The first-order valence-corrected chi connectivity index (χ1v) is 9.48. The fraction of sp³-hybridized carbons (Fsp3) is 0.500. The normalized spacial score (nSPS) is 14.1. The van der Waals surface area contributed by atoms with E-state index >= 15 is 0 Å². The lowest BCUT2D eigenvalue weighted by Crippen LogP contribution is -2.25. The number of rotatable bonds is 10. The van der Waals surface area contributed by atoms with Gasteiger partial charge in [0.1, 0.15) is 18.5 Å². The number of halogens is 3. The third-order valence-electron chi connectivity index (χ3n) is 3.96. The SMILES string of the molecule is CNCCOc1ccc(C(C)CNCC(O)c2csc(C(F)(F)F)n2)cc1. The molecule has 3 N–H and O–H groups in total. The second-order valence-corrected chi connectivity index (χ2v) is 7.03. The third kappa shape index (κ3) is 6.76. The average Bonchev–Trinajstić information content (AvgIpc) is 3.13. The molecule has 1 aromatic heterocycles. The number of hydrogen-bond donors (Lipinski definition) is 3. The second-order valence-electron chi connectivity index (χ2n) is 6.17. The Kier molecular flexibility index (Phi) is 8.03. The monoisotopic (exact) mass is 403 g/mol. The molecule has 0 fully saturated rings. The van der Waals surface area contributed by atoms with Crippen LogP contribution in [0.15, 0.2) is 29.6 Å². The summed E-state index contributed by atoms with van der Waals surface area (Å²) >= 11 is 0.490. The van der Waals surface area contributed by atoms with Crippen molar-refractivity contribution >= 4 is 11.3 Å². The highest BCUT2D eigenvalue weighted by Gasteiger charge is 2.35. The van der Waals surface area contributed by atoms with Crippen LogP contribution in [0.3, 0.4) is 0 Å². The van der Waals surface area contributed by atoms with Crippen LogP contribution in [0.4, 0.5) is 13.2 Å². The molecule has 1 aromatic carbocycles. The van der Waals surface area contributed by atoms with E-state index in [0.29, 0.717) is 24.5 Å². The zero-order valence-corrected chi connectivity index (χ0v) is 16.0. The smallest absolute Gasteiger partial charge is 0.443 e. The minimum Gasteiger partial charge on any atom is -0.492 e. The van der Waals surface area contributed by atoms with E-state index in [1.165, 1.54) is 5.38 Å². The molecule has 0 radical (unpaired) electrons. The van der Waals surface area contributed by atoms with Crippen LogP contribution in [0.5, 0.6) is 5.75 Å². The Bertz CT molecular complexity index is 692. The van der Waals surface area contributed by atoms with E-state index in [4.69, 9.17) is 4.74 Å². The summed E-state index contributed by atoms with van der Waals surface area (Å²) in [6.07, 6.45) is -5.56. The Labute approximate surface area is 160 Å². The summed E-state index contributed by atoms with van der Waals surface area (Å²) in [5.41, 5.74) is 1.14. The van der Waals surface area contributed by atoms with Crippen LogP contribution in [-0.2, 0) is 6.18 Å². The second kappa shape index (κ2) is 10.0. The molecule has 0 aliphatic carbocycles. The highest BCUT2D eigenvalue weighted by molar-refractivity contribution is 7.09. The fourth-order valence-electron chi connectivity index (χ4n) is 2.39. The van der Waals surface area contributed by atoms with Crippen LogP contribution in [0.1, 0.15) is 35.2 Å². The summed E-state index contributed by atoms with van der Waals surface area (Å²) < 4.78 is 43.3. The molecule has 0 spiro atoms. The van der Waals surface area contributed by atoms with E-state index in [9.17, 15) is 18.3 Å². The predicted molar refractivity (Wildman–Crippen MR) is 99.2 cm³/mol. The minimum atomic E-state index is -4.48. The van der Waals surface area contributed by atoms with Gasteiger partial charge >= 0.3 is 6.18 Å². The van der Waals surface area contributed by atoms with Crippen LogP contribution in [0.25, 0.3) is 0 Å². The zero-order chi connectivity index (χ0) is 19.9. The Hall–Kier alpha value is -1.68. The van der Waals surface area contributed by atoms with Crippen LogP contribution in [-0.4, -0.2) is 43.4 Å². The molecule has 150 valence electrons. The maximum Gasteiger partial charge on any atom is 0.443 e. The Balaban J connectivity index is 1.78. The fourth-order valence-corrected chi connectivity index (χ4v) is 3.13. The van der Waals surface area contributed by atoms with Gasteiger partial charge in [-0.2, -0.15) is 13.2 Å². The van der Waals surface area contributed by atoms with Gasteiger partial charge in [-0.05, 0) is 30.7 Å². The topological polar surface area (TPSA) is 66.4 Å². The number of nitrogens with one attached hydrogen (secondary N) is 2. The van der Waals surface area contributed by atoms with Crippen molar-refractivity contribution in [2.45, 2.75) is 25.1 Å². The van der Waals surface area contributed by atoms with Crippen LogP contribution >= 0.6 is 11.3 Å². The molecule has 9 heteroatoms. The number of aliphatic hydroxyl groups excluding tert-OH is 1. The number of ether oxygens (including phenoxy) is 1. The van der Waals surface area contributed by atoms with Gasteiger partial charge in [0, 0.05) is 25.0 Å². The lowest BCUT2D eigenvalue weighted by molar-refractivity contribution is -0.137. The maximum absolute atomic E-state index is 12.6. The molecule has 0 saturated carbocycles. The van der Waals surface area contributed by atoms with Crippen molar-refractivity contribution in [3.8, 4) is 5.75 Å². The van der Waals surface area contributed by atoms with Crippen molar-refractivity contribution in [1.29, 1.82) is 0 Å². The molecule has 0 amide bonds. The number of benzene rings is 1. The summed E-state index contributed by atoms with van der Waals surface area (Å²) in [7, 11) is 1.86. The van der Waals surface area contributed by atoms with Crippen LogP contribution in [0, 0.1) is 0 Å². The highest BCUT2D eigenvalue weighted by Crippen LogP contribution is 2.32. The first kappa shape index (κ1) is 21.6. The van der Waals surface area contributed by atoms with Gasteiger partial charge < -0.3 is 20.5 Å². The van der Waals surface area contributed by atoms with E-state index in [1.54, 1.807) is 0 Å². The lowest BCUT2D eigenvalue weighted by Gasteiger charge is -2.15. The van der Waals surface area contributed by atoms with Crippen LogP contribution < -0.4 is 15.4 Å². The van der Waals surface area contributed by atoms with Gasteiger partial charge in [0.25, 0.3) is 0 Å². The molecule has 0 bridgehead atoms. The molecular formula is C18H24F3N3O2S. The summed E-state index contributed by atoms with van der Waals surface area (Å²) in [4.78, 5) is 3.46. The zero-order valence-electron chi connectivity index (χ0n) is 15.2. The van der Waals surface area contributed by atoms with E-state index in [0.717, 1.165) is 17.9 Å². The van der Waals surface area contributed by atoms with Gasteiger partial charge in [-0.15, -0.1) is 11.3 Å². The van der Waals surface area contributed by atoms with Crippen LogP contribution in [0.2, 0.25) is 0 Å².